The summed E-state index contributed by atoms with van der Waals surface area (Å²) in [6, 6.07) is 15.8. The summed E-state index contributed by atoms with van der Waals surface area (Å²) in [7, 11) is 0. The molecular weight excluding hydrogens is 256 g/mol. The van der Waals surface area contributed by atoms with Crippen LogP contribution in [0, 0.1) is 11.8 Å². The van der Waals surface area contributed by atoms with Crippen molar-refractivity contribution in [1.82, 2.24) is 10.3 Å². The number of benzene rings is 1. The maximum atomic E-state index is 4.15. The first-order valence-electron chi connectivity index (χ1n) is 7.96. The normalized spacial score (nSPS) is 26.7. The molecule has 1 heterocycles. The van der Waals surface area contributed by atoms with Crippen LogP contribution in [0.15, 0.2) is 54.9 Å². The van der Waals surface area contributed by atoms with Crippen LogP contribution in [-0.2, 0) is 0 Å². The Balaban J connectivity index is 1.87. The largest absolute Gasteiger partial charge is 0.303 e. The maximum Gasteiger partial charge on any atom is 0.0580 e. The van der Waals surface area contributed by atoms with Gasteiger partial charge in [-0.3, -0.25) is 4.98 Å². The van der Waals surface area contributed by atoms with E-state index >= 15 is 0 Å². The lowest BCUT2D eigenvalue weighted by atomic mass is 9.94. The van der Waals surface area contributed by atoms with Crippen LogP contribution in [0.2, 0.25) is 0 Å². The van der Waals surface area contributed by atoms with Gasteiger partial charge in [0.25, 0.3) is 0 Å². The van der Waals surface area contributed by atoms with Crippen LogP contribution in [0.4, 0.5) is 0 Å². The van der Waals surface area contributed by atoms with Crippen molar-refractivity contribution in [2.45, 2.75) is 38.8 Å². The Labute approximate surface area is 127 Å². The molecule has 1 N–H and O–H groups in total. The van der Waals surface area contributed by atoms with Crippen molar-refractivity contribution in [3.05, 3.63) is 66.0 Å². The second-order valence-electron chi connectivity index (χ2n) is 6.31. The lowest BCUT2D eigenvalue weighted by Gasteiger charge is -2.27. The van der Waals surface area contributed by atoms with E-state index in [4.69, 9.17) is 0 Å². The summed E-state index contributed by atoms with van der Waals surface area (Å²) in [4.78, 5) is 4.15. The van der Waals surface area contributed by atoms with Crippen LogP contribution in [-0.4, -0.2) is 11.0 Å². The van der Waals surface area contributed by atoms with E-state index in [1.54, 1.807) is 0 Å². The summed E-state index contributed by atoms with van der Waals surface area (Å²) in [5.74, 6) is 1.55. The zero-order chi connectivity index (χ0) is 14.7. The Hall–Kier alpha value is -1.67. The number of hydrogen-bond donors (Lipinski definition) is 1. The summed E-state index contributed by atoms with van der Waals surface area (Å²) < 4.78 is 0. The second kappa shape index (κ2) is 6.40. The van der Waals surface area contributed by atoms with E-state index in [2.05, 4.69) is 66.6 Å². The Kier molecular flexibility index (Phi) is 4.35. The van der Waals surface area contributed by atoms with Gasteiger partial charge in [-0.05, 0) is 47.9 Å². The van der Waals surface area contributed by atoms with Crippen molar-refractivity contribution in [3.63, 3.8) is 0 Å². The van der Waals surface area contributed by atoms with Gasteiger partial charge in [-0.25, -0.2) is 0 Å². The zero-order valence-electron chi connectivity index (χ0n) is 12.9. The van der Waals surface area contributed by atoms with Crippen molar-refractivity contribution in [1.29, 1.82) is 0 Å². The highest BCUT2D eigenvalue weighted by molar-refractivity contribution is 5.30. The molecule has 1 fully saturated rings. The molecule has 1 aliphatic carbocycles. The fraction of sp³-hybridized carbons (Fsp3) is 0.421. The molecule has 110 valence electrons. The van der Waals surface area contributed by atoms with E-state index < -0.39 is 0 Å². The molecule has 1 saturated carbocycles. The van der Waals surface area contributed by atoms with Crippen molar-refractivity contribution in [3.8, 4) is 0 Å². The average molecular weight is 280 g/mol. The fourth-order valence-corrected chi connectivity index (χ4v) is 3.40. The van der Waals surface area contributed by atoms with E-state index in [0.29, 0.717) is 6.04 Å². The molecule has 0 aliphatic heterocycles. The molecule has 1 aliphatic rings. The molecule has 2 heteroatoms. The fourth-order valence-electron chi connectivity index (χ4n) is 3.40. The molecule has 3 rings (SSSR count). The van der Waals surface area contributed by atoms with Crippen molar-refractivity contribution >= 4 is 0 Å². The van der Waals surface area contributed by atoms with E-state index in [-0.39, 0.29) is 6.04 Å². The predicted molar refractivity (Wildman–Crippen MR) is 87.0 cm³/mol. The van der Waals surface area contributed by atoms with Crippen LogP contribution in [0.25, 0.3) is 0 Å². The van der Waals surface area contributed by atoms with E-state index in [9.17, 15) is 0 Å². The van der Waals surface area contributed by atoms with Crippen LogP contribution in [0.1, 0.15) is 43.9 Å². The third-order valence-corrected chi connectivity index (χ3v) is 5.02. The molecular formula is C19H24N2. The number of nitrogens with zero attached hydrogens (tertiary/aromatic N) is 1. The predicted octanol–water partition coefficient (Wildman–Crippen LogP) is 4.20. The molecule has 0 amide bonds. The lowest BCUT2D eigenvalue weighted by Crippen LogP contribution is -2.36. The number of nitrogens with one attached hydrogen (secondary N) is 1. The first-order valence-corrected chi connectivity index (χ1v) is 7.96. The molecule has 1 aromatic heterocycles. The van der Waals surface area contributed by atoms with Crippen molar-refractivity contribution < 1.29 is 0 Å². The smallest absolute Gasteiger partial charge is 0.0580 e. The van der Waals surface area contributed by atoms with Gasteiger partial charge in [0, 0.05) is 18.4 Å². The van der Waals surface area contributed by atoms with Gasteiger partial charge in [-0.15, -0.1) is 0 Å². The Bertz CT molecular complexity index is 513. The Morgan fingerprint density at radius 2 is 1.62 bits per heavy atom. The molecule has 0 saturated heterocycles. The summed E-state index contributed by atoms with van der Waals surface area (Å²) in [6.07, 6.45) is 6.37. The standard InChI is InChI=1S/C19H24N2/c1-14-8-9-18(15(14)2)21-19(16-6-4-3-5-7-16)17-10-12-20-13-11-17/h3-7,10-15,18-19,21H,8-9H2,1-2H3. The number of hydrogen-bond acceptors (Lipinski definition) is 2. The third kappa shape index (κ3) is 3.16. The molecule has 0 spiro atoms. The minimum atomic E-state index is 0.256. The molecule has 4 atom stereocenters. The molecule has 21 heavy (non-hydrogen) atoms. The van der Waals surface area contributed by atoms with Gasteiger partial charge in [0.05, 0.1) is 6.04 Å². The quantitative estimate of drug-likeness (QED) is 0.908. The summed E-state index contributed by atoms with van der Waals surface area (Å²) in [5, 5.41) is 3.90. The second-order valence-corrected chi connectivity index (χ2v) is 6.31. The van der Waals surface area contributed by atoms with E-state index in [0.717, 1.165) is 11.8 Å². The van der Waals surface area contributed by atoms with Gasteiger partial charge in [-0.1, -0.05) is 44.2 Å². The van der Waals surface area contributed by atoms with Gasteiger partial charge in [0.2, 0.25) is 0 Å². The number of aromatic nitrogens is 1. The topological polar surface area (TPSA) is 24.9 Å². The highest BCUT2D eigenvalue weighted by atomic mass is 15.0. The molecule has 0 radical (unpaired) electrons. The maximum absolute atomic E-state index is 4.15. The van der Waals surface area contributed by atoms with Crippen molar-refractivity contribution in [2.24, 2.45) is 11.8 Å². The molecule has 2 nitrogen and oxygen atoms in total. The van der Waals surface area contributed by atoms with Crippen LogP contribution < -0.4 is 5.32 Å². The molecule has 0 bridgehead atoms. The highest BCUT2D eigenvalue weighted by Crippen LogP contribution is 2.34. The summed E-state index contributed by atoms with van der Waals surface area (Å²) >= 11 is 0. The number of pyridine rings is 1. The first kappa shape index (κ1) is 14.3. The number of rotatable bonds is 4. The average Bonchev–Trinajstić information content (AvgIpc) is 2.86. The Morgan fingerprint density at radius 3 is 2.24 bits per heavy atom. The Morgan fingerprint density at radius 1 is 0.952 bits per heavy atom. The molecule has 1 aromatic carbocycles. The van der Waals surface area contributed by atoms with Crippen LogP contribution in [0.3, 0.4) is 0 Å². The summed E-state index contributed by atoms with van der Waals surface area (Å²) in [6.45, 7) is 4.75. The van der Waals surface area contributed by atoms with Gasteiger partial charge in [0.1, 0.15) is 0 Å². The molecule has 2 aromatic rings. The van der Waals surface area contributed by atoms with Crippen LogP contribution in [0.5, 0.6) is 0 Å². The lowest BCUT2D eigenvalue weighted by molar-refractivity contribution is 0.354. The molecule has 4 unspecified atom stereocenters. The minimum Gasteiger partial charge on any atom is -0.303 e. The SMILES string of the molecule is CC1CCC(NC(c2ccccc2)c2ccncc2)C1C. The van der Waals surface area contributed by atoms with Gasteiger partial charge >= 0.3 is 0 Å². The first-order chi connectivity index (χ1) is 10.3. The highest BCUT2D eigenvalue weighted by Gasteiger charge is 2.31. The van der Waals surface area contributed by atoms with E-state index in [1.165, 1.54) is 24.0 Å². The van der Waals surface area contributed by atoms with E-state index in [1.807, 2.05) is 12.4 Å². The minimum absolute atomic E-state index is 0.256. The van der Waals surface area contributed by atoms with Gasteiger partial charge < -0.3 is 5.32 Å². The van der Waals surface area contributed by atoms with Gasteiger partial charge in [-0.2, -0.15) is 0 Å². The zero-order valence-corrected chi connectivity index (χ0v) is 12.9. The van der Waals surface area contributed by atoms with Crippen LogP contribution >= 0.6 is 0 Å². The van der Waals surface area contributed by atoms with Gasteiger partial charge in [0.15, 0.2) is 0 Å². The third-order valence-electron chi connectivity index (χ3n) is 5.02. The van der Waals surface area contributed by atoms with Crippen molar-refractivity contribution in [2.75, 3.05) is 0 Å². The monoisotopic (exact) mass is 280 g/mol. The summed E-state index contributed by atoms with van der Waals surface area (Å²) in [5.41, 5.74) is 2.62.